The lowest BCUT2D eigenvalue weighted by Gasteiger charge is -2.20. The first kappa shape index (κ1) is 9.90. The molecular weight excluding hydrogens is 226 g/mol. The summed E-state index contributed by atoms with van der Waals surface area (Å²) < 4.78 is 5.11. The van der Waals surface area contributed by atoms with E-state index in [-0.39, 0.29) is 18.5 Å². The van der Waals surface area contributed by atoms with E-state index in [1.54, 1.807) is 0 Å². The highest BCUT2D eigenvalue weighted by atomic mass is 16.5. The van der Waals surface area contributed by atoms with Gasteiger partial charge in [-0.2, -0.15) is 20.4 Å². The van der Waals surface area contributed by atoms with E-state index in [1.165, 1.54) is 6.20 Å². The van der Waals surface area contributed by atoms with Crippen LogP contribution in [0.15, 0.2) is 10.7 Å². The molecule has 1 unspecified atom stereocenters. The Bertz CT molecular complexity index is 510. The van der Waals surface area contributed by atoms with E-state index < -0.39 is 0 Å². The summed E-state index contributed by atoms with van der Waals surface area (Å²) in [6.45, 7) is 0.672. The molecule has 9 heteroatoms. The number of rotatable bonds is 2. The van der Waals surface area contributed by atoms with E-state index in [9.17, 15) is 4.79 Å². The van der Waals surface area contributed by atoms with Crippen LogP contribution in [0.1, 0.15) is 11.9 Å². The third-order valence-corrected chi connectivity index (χ3v) is 2.40. The third-order valence-electron chi connectivity index (χ3n) is 2.40. The molecule has 2 aromatic heterocycles. The maximum atomic E-state index is 11.0. The van der Waals surface area contributed by atoms with Crippen LogP contribution in [0.4, 0.5) is 0 Å². The molecule has 9 nitrogen and oxygen atoms in total. The van der Waals surface area contributed by atoms with Crippen LogP contribution in [0.3, 0.4) is 0 Å². The van der Waals surface area contributed by atoms with Crippen molar-refractivity contribution < 1.29 is 9.32 Å². The number of aromatic nitrogens is 5. The van der Waals surface area contributed by atoms with Gasteiger partial charge in [-0.05, 0) is 0 Å². The molecular formula is C8H9N7O2. The topological polar surface area (TPSA) is 122 Å². The molecule has 88 valence electrons. The van der Waals surface area contributed by atoms with Crippen LogP contribution in [-0.4, -0.2) is 44.5 Å². The number of hydrogen-bond acceptors (Lipinski definition) is 7. The molecule has 1 saturated heterocycles. The molecule has 2 aromatic rings. The molecule has 0 aliphatic carbocycles. The van der Waals surface area contributed by atoms with E-state index >= 15 is 0 Å². The van der Waals surface area contributed by atoms with Crippen molar-refractivity contribution in [2.24, 2.45) is 0 Å². The van der Waals surface area contributed by atoms with Crippen molar-refractivity contribution in [1.29, 1.82) is 0 Å². The number of piperazine rings is 1. The molecule has 1 atom stereocenters. The van der Waals surface area contributed by atoms with Crippen molar-refractivity contribution in [3.05, 3.63) is 12.1 Å². The number of carbonyl (C=O) groups is 1. The van der Waals surface area contributed by atoms with Crippen LogP contribution in [0.5, 0.6) is 0 Å². The molecule has 3 heterocycles. The van der Waals surface area contributed by atoms with Gasteiger partial charge in [0.1, 0.15) is 6.04 Å². The fourth-order valence-electron chi connectivity index (χ4n) is 1.53. The molecule has 1 amide bonds. The highest BCUT2D eigenvalue weighted by Gasteiger charge is 2.24. The van der Waals surface area contributed by atoms with Crippen LogP contribution in [0.2, 0.25) is 0 Å². The number of aromatic amines is 1. The van der Waals surface area contributed by atoms with E-state index in [1.807, 2.05) is 0 Å². The highest BCUT2D eigenvalue weighted by Crippen LogP contribution is 2.16. The average molecular weight is 235 g/mol. The van der Waals surface area contributed by atoms with Crippen LogP contribution in [0.25, 0.3) is 11.5 Å². The summed E-state index contributed by atoms with van der Waals surface area (Å²) in [5.74, 6) is 0.743. The zero-order chi connectivity index (χ0) is 11.7. The maximum absolute atomic E-state index is 11.0. The van der Waals surface area contributed by atoms with Crippen molar-refractivity contribution in [1.82, 2.24) is 36.2 Å². The molecule has 0 spiro atoms. The Balaban J connectivity index is 1.79. The van der Waals surface area contributed by atoms with Crippen LogP contribution < -0.4 is 10.6 Å². The van der Waals surface area contributed by atoms with Gasteiger partial charge in [-0.3, -0.25) is 10.1 Å². The van der Waals surface area contributed by atoms with Gasteiger partial charge in [0.25, 0.3) is 0 Å². The Hall–Kier alpha value is -2.29. The summed E-state index contributed by atoms with van der Waals surface area (Å²) in [5, 5.41) is 19.5. The predicted molar refractivity (Wildman–Crippen MR) is 53.4 cm³/mol. The summed E-state index contributed by atoms with van der Waals surface area (Å²) in [5.41, 5.74) is 0.514. The van der Waals surface area contributed by atoms with E-state index in [4.69, 9.17) is 4.52 Å². The molecule has 3 N–H and O–H groups in total. The Morgan fingerprint density at radius 2 is 2.41 bits per heavy atom. The number of amides is 1. The summed E-state index contributed by atoms with van der Waals surface area (Å²) in [6.07, 6.45) is 1.50. The standard InChI is InChI=1S/C8H9N7O2/c16-6-3-9-5(1-10-6)8-12-7(14-17-8)4-2-11-15-13-4/h2,5,9H,1,3H2,(H,10,16)(H,11,13,15). The van der Waals surface area contributed by atoms with Gasteiger partial charge in [-0.25, -0.2) is 0 Å². The second-order valence-corrected chi connectivity index (χ2v) is 3.55. The number of nitrogens with zero attached hydrogens (tertiary/aromatic N) is 4. The SMILES string of the molecule is O=C1CNC(c2nc(-c3cn[nH]n3)no2)CN1. The second kappa shape index (κ2) is 3.94. The first-order chi connectivity index (χ1) is 8.33. The predicted octanol–water partition coefficient (Wildman–Crippen LogP) is -1.38. The van der Waals surface area contributed by atoms with Crippen LogP contribution in [-0.2, 0) is 4.79 Å². The monoisotopic (exact) mass is 235 g/mol. The second-order valence-electron chi connectivity index (χ2n) is 3.55. The van der Waals surface area contributed by atoms with Crippen molar-refractivity contribution in [2.75, 3.05) is 13.1 Å². The lowest BCUT2D eigenvalue weighted by Crippen LogP contribution is -2.47. The smallest absolute Gasteiger partial charge is 0.245 e. The van der Waals surface area contributed by atoms with E-state index in [2.05, 4.69) is 36.2 Å². The summed E-state index contributed by atoms with van der Waals surface area (Å²) >= 11 is 0. The molecule has 1 fully saturated rings. The zero-order valence-electron chi connectivity index (χ0n) is 8.67. The molecule has 1 aliphatic heterocycles. The third kappa shape index (κ3) is 1.87. The molecule has 17 heavy (non-hydrogen) atoms. The minimum absolute atomic E-state index is 0.0440. The molecule has 0 aromatic carbocycles. The van der Waals surface area contributed by atoms with Crippen LogP contribution >= 0.6 is 0 Å². The van der Waals surface area contributed by atoms with Gasteiger partial charge in [-0.15, -0.1) is 0 Å². The average Bonchev–Trinajstić information content (AvgIpc) is 3.00. The Labute approximate surface area is 95.0 Å². The van der Waals surface area contributed by atoms with Crippen LogP contribution in [0, 0.1) is 0 Å². The molecule has 3 rings (SSSR count). The van der Waals surface area contributed by atoms with Gasteiger partial charge in [0.2, 0.25) is 17.6 Å². The summed E-state index contributed by atoms with van der Waals surface area (Å²) in [7, 11) is 0. The van der Waals surface area contributed by atoms with Crippen molar-refractivity contribution in [3.63, 3.8) is 0 Å². The van der Waals surface area contributed by atoms with Gasteiger partial charge in [0.15, 0.2) is 5.69 Å². The first-order valence-electron chi connectivity index (χ1n) is 5.03. The van der Waals surface area contributed by atoms with Crippen molar-refractivity contribution >= 4 is 5.91 Å². The fourth-order valence-corrected chi connectivity index (χ4v) is 1.53. The lowest BCUT2D eigenvalue weighted by atomic mass is 10.2. The first-order valence-corrected chi connectivity index (χ1v) is 5.03. The van der Waals surface area contributed by atoms with E-state index in [0.29, 0.717) is 24.0 Å². The van der Waals surface area contributed by atoms with Gasteiger partial charge >= 0.3 is 0 Å². The quantitative estimate of drug-likeness (QED) is 0.586. The molecule has 1 aliphatic rings. The van der Waals surface area contributed by atoms with Gasteiger partial charge in [0.05, 0.1) is 12.7 Å². The fraction of sp³-hybridized carbons (Fsp3) is 0.375. The zero-order valence-corrected chi connectivity index (χ0v) is 8.67. The minimum Gasteiger partial charge on any atom is -0.353 e. The number of hydrogen-bond donors (Lipinski definition) is 3. The number of nitrogens with one attached hydrogen (secondary N) is 3. The summed E-state index contributed by atoms with van der Waals surface area (Å²) in [6, 6.07) is -0.166. The number of carbonyl (C=O) groups excluding carboxylic acids is 1. The van der Waals surface area contributed by atoms with E-state index in [0.717, 1.165) is 0 Å². The van der Waals surface area contributed by atoms with Gasteiger partial charge in [-0.1, -0.05) is 5.16 Å². The molecule has 0 bridgehead atoms. The van der Waals surface area contributed by atoms with Gasteiger partial charge < -0.3 is 9.84 Å². The normalized spacial score (nSPS) is 20.2. The largest absolute Gasteiger partial charge is 0.353 e. The Morgan fingerprint density at radius 1 is 1.47 bits per heavy atom. The molecule has 0 saturated carbocycles. The Kier molecular flexibility index (Phi) is 2.29. The lowest BCUT2D eigenvalue weighted by molar-refractivity contribution is -0.121. The maximum Gasteiger partial charge on any atom is 0.245 e. The minimum atomic E-state index is -0.166. The van der Waals surface area contributed by atoms with Crippen molar-refractivity contribution in [2.45, 2.75) is 6.04 Å². The number of H-pyrrole nitrogens is 1. The van der Waals surface area contributed by atoms with Gasteiger partial charge in [0, 0.05) is 6.54 Å². The van der Waals surface area contributed by atoms with Crippen molar-refractivity contribution in [3.8, 4) is 11.5 Å². The molecule has 0 radical (unpaired) electrons. The highest BCUT2D eigenvalue weighted by molar-refractivity contribution is 5.78. The Morgan fingerprint density at radius 3 is 3.12 bits per heavy atom. The summed E-state index contributed by atoms with van der Waals surface area (Å²) in [4.78, 5) is 15.2.